The molecule has 0 bridgehead atoms. The van der Waals surface area contributed by atoms with Crippen molar-refractivity contribution in [3.05, 3.63) is 40.4 Å². The van der Waals surface area contributed by atoms with Crippen LogP contribution in [0.1, 0.15) is 37.3 Å². The molecule has 3 rings (SSSR count). The van der Waals surface area contributed by atoms with Crippen LogP contribution in [0, 0.1) is 0 Å². The first-order valence-electron chi connectivity index (χ1n) is 6.40. The molecule has 2 heterocycles. The van der Waals surface area contributed by atoms with Crippen LogP contribution in [0.5, 0.6) is 0 Å². The van der Waals surface area contributed by atoms with Gasteiger partial charge in [-0.25, -0.2) is 8.78 Å². The number of alkyl halides is 2. The van der Waals surface area contributed by atoms with Crippen LogP contribution in [-0.2, 0) is 0 Å². The maximum atomic E-state index is 13.5. The zero-order valence-electron chi connectivity index (χ0n) is 10.3. The highest BCUT2D eigenvalue weighted by Crippen LogP contribution is 2.41. The predicted molar refractivity (Wildman–Crippen MR) is 68.5 cm³/mol. The normalized spacial score (nSPS) is 22.5. The van der Waals surface area contributed by atoms with Crippen molar-refractivity contribution < 1.29 is 8.78 Å². The molecule has 0 spiro atoms. The van der Waals surface area contributed by atoms with Gasteiger partial charge in [0.05, 0.1) is 10.9 Å². The second kappa shape index (κ2) is 4.40. The van der Waals surface area contributed by atoms with Crippen LogP contribution < -0.4 is 5.43 Å². The molecule has 0 unspecified atom stereocenters. The second-order valence-corrected chi connectivity index (χ2v) is 5.16. The Morgan fingerprint density at radius 3 is 3.05 bits per heavy atom. The van der Waals surface area contributed by atoms with E-state index in [1.807, 2.05) is 0 Å². The SMILES string of the molecule is O=c1cc([C@H]2CCCC(F)(F)C2)[nH]c2ccncc12. The monoisotopic (exact) mass is 264 g/mol. The van der Waals surface area contributed by atoms with Gasteiger partial charge in [0.2, 0.25) is 5.92 Å². The number of nitrogens with one attached hydrogen (secondary N) is 1. The summed E-state index contributed by atoms with van der Waals surface area (Å²) in [6.07, 6.45) is 4.03. The van der Waals surface area contributed by atoms with Crippen LogP contribution in [0.25, 0.3) is 10.9 Å². The van der Waals surface area contributed by atoms with Gasteiger partial charge >= 0.3 is 0 Å². The number of aromatic nitrogens is 2. The lowest BCUT2D eigenvalue weighted by Crippen LogP contribution is -2.26. The van der Waals surface area contributed by atoms with Crippen LogP contribution in [0.15, 0.2) is 29.3 Å². The number of pyridine rings is 2. The lowest BCUT2D eigenvalue weighted by atomic mass is 9.84. The van der Waals surface area contributed by atoms with E-state index in [0.717, 1.165) is 0 Å². The Hall–Kier alpha value is -1.78. The van der Waals surface area contributed by atoms with Crippen molar-refractivity contribution in [1.29, 1.82) is 0 Å². The Labute approximate surface area is 108 Å². The maximum absolute atomic E-state index is 13.5. The molecule has 2 aromatic rings. The fraction of sp³-hybridized carbons (Fsp3) is 0.429. The van der Waals surface area contributed by atoms with Crippen molar-refractivity contribution in [2.75, 3.05) is 0 Å². The summed E-state index contributed by atoms with van der Waals surface area (Å²) in [6, 6.07) is 3.14. The standard InChI is InChI=1S/C14H14F2N2O/c15-14(16)4-1-2-9(7-14)12-6-13(19)10-8-17-5-3-11(10)18-12/h3,5-6,8-9H,1-2,4,7H2,(H,18,19)/t9-/m0/s1. The van der Waals surface area contributed by atoms with E-state index in [2.05, 4.69) is 9.97 Å². The van der Waals surface area contributed by atoms with Crippen LogP contribution in [0.4, 0.5) is 8.78 Å². The molecule has 5 heteroatoms. The topological polar surface area (TPSA) is 45.8 Å². The van der Waals surface area contributed by atoms with Gasteiger partial charge in [-0.1, -0.05) is 0 Å². The van der Waals surface area contributed by atoms with Crippen molar-refractivity contribution in [3.8, 4) is 0 Å². The molecule has 1 aliphatic rings. The molecule has 0 radical (unpaired) electrons. The van der Waals surface area contributed by atoms with Crippen molar-refractivity contribution in [1.82, 2.24) is 9.97 Å². The summed E-state index contributed by atoms with van der Waals surface area (Å²) < 4.78 is 26.9. The smallest absolute Gasteiger partial charge is 0.248 e. The van der Waals surface area contributed by atoms with Crippen molar-refractivity contribution in [2.45, 2.75) is 37.5 Å². The van der Waals surface area contributed by atoms with Crippen LogP contribution >= 0.6 is 0 Å². The molecule has 0 aromatic carbocycles. The molecule has 19 heavy (non-hydrogen) atoms. The molecular weight excluding hydrogens is 250 g/mol. The molecule has 1 saturated carbocycles. The summed E-state index contributed by atoms with van der Waals surface area (Å²) in [5.41, 5.74) is 1.11. The van der Waals surface area contributed by atoms with Crippen LogP contribution in [0.2, 0.25) is 0 Å². The number of rotatable bonds is 1. The lowest BCUT2D eigenvalue weighted by Gasteiger charge is -2.28. The molecule has 1 atom stereocenters. The highest BCUT2D eigenvalue weighted by molar-refractivity contribution is 5.77. The molecule has 0 saturated heterocycles. The van der Waals surface area contributed by atoms with Gasteiger partial charge in [0.15, 0.2) is 5.43 Å². The Bertz CT molecular complexity index is 666. The van der Waals surface area contributed by atoms with E-state index < -0.39 is 5.92 Å². The van der Waals surface area contributed by atoms with E-state index in [-0.39, 0.29) is 24.2 Å². The molecular formula is C14H14F2N2O. The minimum absolute atomic E-state index is 0.0504. The Morgan fingerprint density at radius 2 is 2.26 bits per heavy atom. The summed E-state index contributed by atoms with van der Waals surface area (Å²) in [4.78, 5) is 19.0. The zero-order valence-corrected chi connectivity index (χ0v) is 10.3. The van der Waals surface area contributed by atoms with Gasteiger partial charge < -0.3 is 4.98 Å². The minimum Gasteiger partial charge on any atom is -0.358 e. The predicted octanol–water partition coefficient (Wildman–Crippen LogP) is 3.22. The molecule has 1 aliphatic carbocycles. The minimum atomic E-state index is -2.62. The van der Waals surface area contributed by atoms with Crippen molar-refractivity contribution >= 4 is 10.9 Å². The first-order valence-corrected chi connectivity index (χ1v) is 6.40. The summed E-state index contributed by atoms with van der Waals surface area (Å²) in [5, 5.41) is 0.494. The number of hydrogen-bond acceptors (Lipinski definition) is 2. The highest BCUT2D eigenvalue weighted by Gasteiger charge is 2.37. The number of hydrogen-bond donors (Lipinski definition) is 1. The van der Waals surface area contributed by atoms with Crippen LogP contribution in [-0.4, -0.2) is 15.9 Å². The van der Waals surface area contributed by atoms with Gasteiger partial charge in [-0.15, -0.1) is 0 Å². The number of H-pyrrole nitrogens is 1. The van der Waals surface area contributed by atoms with E-state index in [1.54, 1.807) is 12.3 Å². The molecule has 1 fully saturated rings. The summed E-state index contributed by atoms with van der Waals surface area (Å²) in [7, 11) is 0. The van der Waals surface area contributed by atoms with Gasteiger partial charge in [-0.05, 0) is 18.9 Å². The van der Waals surface area contributed by atoms with E-state index in [9.17, 15) is 13.6 Å². The molecule has 0 aliphatic heterocycles. The fourth-order valence-electron chi connectivity index (χ4n) is 2.77. The summed E-state index contributed by atoms with van der Waals surface area (Å²) >= 11 is 0. The van der Waals surface area contributed by atoms with E-state index in [1.165, 1.54) is 12.3 Å². The number of halogens is 2. The third-order valence-electron chi connectivity index (χ3n) is 3.73. The van der Waals surface area contributed by atoms with Crippen molar-refractivity contribution in [3.63, 3.8) is 0 Å². The quantitative estimate of drug-likeness (QED) is 0.859. The molecule has 100 valence electrons. The Kier molecular flexibility index (Phi) is 2.84. The first-order chi connectivity index (χ1) is 9.05. The molecule has 3 nitrogen and oxygen atoms in total. The lowest BCUT2D eigenvalue weighted by molar-refractivity contribution is -0.0412. The van der Waals surface area contributed by atoms with Gasteiger partial charge in [0.25, 0.3) is 0 Å². The van der Waals surface area contributed by atoms with E-state index in [4.69, 9.17) is 0 Å². The number of fused-ring (bicyclic) bond motifs is 1. The third-order valence-corrected chi connectivity index (χ3v) is 3.73. The Morgan fingerprint density at radius 1 is 1.42 bits per heavy atom. The largest absolute Gasteiger partial charge is 0.358 e. The maximum Gasteiger partial charge on any atom is 0.248 e. The fourth-order valence-corrected chi connectivity index (χ4v) is 2.77. The van der Waals surface area contributed by atoms with Crippen molar-refractivity contribution in [2.24, 2.45) is 0 Å². The Balaban J connectivity index is 2.03. The van der Waals surface area contributed by atoms with Gasteiger partial charge in [-0.2, -0.15) is 0 Å². The third kappa shape index (κ3) is 2.37. The molecule has 2 aromatic heterocycles. The van der Waals surface area contributed by atoms with E-state index >= 15 is 0 Å². The molecule has 0 amide bonds. The summed E-state index contributed by atoms with van der Waals surface area (Å²) in [6.45, 7) is 0. The second-order valence-electron chi connectivity index (χ2n) is 5.16. The van der Waals surface area contributed by atoms with Crippen LogP contribution in [0.3, 0.4) is 0 Å². The number of nitrogens with zero attached hydrogens (tertiary/aromatic N) is 1. The number of aromatic amines is 1. The van der Waals surface area contributed by atoms with Gasteiger partial charge in [0.1, 0.15) is 0 Å². The first kappa shape index (κ1) is 12.3. The zero-order chi connectivity index (χ0) is 13.5. The average Bonchev–Trinajstić information content (AvgIpc) is 2.37. The summed E-state index contributed by atoms with van der Waals surface area (Å²) in [5.74, 6) is -2.89. The van der Waals surface area contributed by atoms with Gasteiger partial charge in [-0.3, -0.25) is 9.78 Å². The van der Waals surface area contributed by atoms with Gasteiger partial charge in [0, 0.05) is 42.9 Å². The van der Waals surface area contributed by atoms with E-state index in [0.29, 0.717) is 29.4 Å². The highest BCUT2D eigenvalue weighted by atomic mass is 19.3. The average molecular weight is 264 g/mol. The molecule has 1 N–H and O–H groups in total.